The number of carbonyl (C=O) groups excluding carboxylic acids is 1. The molecule has 0 aromatic heterocycles. The summed E-state index contributed by atoms with van der Waals surface area (Å²) in [5.41, 5.74) is 7.52. The molecular weight excluding hydrogens is 240 g/mol. The van der Waals surface area contributed by atoms with Gasteiger partial charge in [-0.3, -0.25) is 4.79 Å². The number of rotatable bonds is 4. The third-order valence-electron chi connectivity index (χ3n) is 2.84. The van der Waals surface area contributed by atoms with Crippen LogP contribution in [0, 0.1) is 0 Å². The summed E-state index contributed by atoms with van der Waals surface area (Å²) >= 11 is 0. The molecule has 2 rings (SSSR count). The molecule has 4 heteroatoms. The van der Waals surface area contributed by atoms with Crippen LogP contribution in [0.25, 0.3) is 0 Å². The van der Waals surface area contributed by atoms with Crippen LogP contribution in [-0.4, -0.2) is 17.6 Å². The Morgan fingerprint density at radius 2 is 1.89 bits per heavy atom. The molecule has 0 heterocycles. The van der Waals surface area contributed by atoms with Crippen molar-refractivity contribution < 1.29 is 9.90 Å². The zero-order valence-electron chi connectivity index (χ0n) is 10.4. The molecule has 98 valence electrons. The van der Waals surface area contributed by atoms with Crippen molar-refractivity contribution in [3.8, 4) is 0 Å². The number of hydrogen-bond acceptors (Lipinski definition) is 3. The van der Waals surface area contributed by atoms with Gasteiger partial charge in [-0.05, 0) is 23.8 Å². The zero-order chi connectivity index (χ0) is 13.7. The molecule has 2 aromatic rings. The normalized spacial score (nSPS) is 11.8. The molecular formula is C15H16N2O2. The van der Waals surface area contributed by atoms with Crippen molar-refractivity contribution in [2.45, 2.75) is 6.04 Å². The molecule has 0 saturated heterocycles. The van der Waals surface area contributed by atoms with Crippen LogP contribution in [0.2, 0.25) is 0 Å². The molecule has 1 atom stereocenters. The molecule has 0 spiro atoms. The maximum Gasteiger partial charge on any atom is 0.251 e. The van der Waals surface area contributed by atoms with Crippen LogP contribution in [-0.2, 0) is 0 Å². The summed E-state index contributed by atoms with van der Waals surface area (Å²) < 4.78 is 0. The molecule has 1 amide bonds. The minimum absolute atomic E-state index is 0.155. The van der Waals surface area contributed by atoms with E-state index in [0.717, 1.165) is 5.56 Å². The monoisotopic (exact) mass is 256 g/mol. The van der Waals surface area contributed by atoms with Gasteiger partial charge in [0.2, 0.25) is 0 Å². The van der Waals surface area contributed by atoms with Gasteiger partial charge in [-0.25, -0.2) is 0 Å². The van der Waals surface area contributed by atoms with E-state index in [1.807, 2.05) is 30.3 Å². The number of carbonyl (C=O) groups is 1. The molecule has 0 fully saturated rings. The second-order valence-electron chi connectivity index (χ2n) is 4.24. The molecule has 0 aliphatic rings. The van der Waals surface area contributed by atoms with Crippen molar-refractivity contribution in [1.82, 2.24) is 5.32 Å². The Morgan fingerprint density at radius 1 is 1.16 bits per heavy atom. The first kappa shape index (κ1) is 13.1. The van der Waals surface area contributed by atoms with Crippen molar-refractivity contribution >= 4 is 11.6 Å². The highest BCUT2D eigenvalue weighted by molar-refractivity contribution is 5.95. The molecule has 0 aliphatic heterocycles. The lowest BCUT2D eigenvalue weighted by molar-refractivity contribution is 0.0916. The lowest BCUT2D eigenvalue weighted by Gasteiger charge is -2.16. The van der Waals surface area contributed by atoms with E-state index in [1.54, 1.807) is 24.3 Å². The minimum Gasteiger partial charge on any atom is -0.399 e. The van der Waals surface area contributed by atoms with Crippen molar-refractivity contribution in [1.29, 1.82) is 0 Å². The molecule has 0 bridgehead atoms. The fourth-order valence-corrected chi connectivity index (χ4v) is 1.84. The lowest BCUT2D eigenvalue weighted by atomic mass is 10.1. The Labute approximate surface area is 111 Å². The number of nitrogens with one attached hydrogen (secondary N) is 1. The first-order valence-corrected chi connectivity index (χ1v) is 6.03. The maximum absolute atomic E-state index is 12.1. The van der Waals surface area contributed by atoms with E-state index in [0.29, 0.717) is 11.3 Å². The number of aliphatic hydroxyl groups excluding tert-OH is 1. The Balaban J connectivity index is 2.13. The average molecular weight is 256 g/mol. The number of benzene rings is 2. The van der Waals surface area contributed by atoms with Crippen LogP contribution in [0.1, 0.15) is 22.0 Å². The Bertz CT molecular complexity index is 555. The van der Waals surface area contributed by atoms with Gasteiger partial charge >= 0.3 is 0 Å². The topological polar surface area (TPSA) is 75.4 Å². The molecule has 4 nitrogen and oxygen atoms in total. The molecule has 2 aromatic carbocycles. The minimum atomic E-state index is -0.421. The summed E-state index contributed by atoms with van der Waals surface area (Å²) in [7, 11) is 0. The Hall–Kier alpha value is -2.33. The van der Waals surface area contributed by atoms with Crippen LogP contribution in [0.4, 0.5) is 5.69 Å². The van der Waals surface area contributed by atoms with Gasteiger partial charge in [-0.2, -0.15) is 0 Å². The van der Waals surface area contributed by atoms with E-state index in [9.17, 15) is 9.90 Å². The van der Waals surface area contributed by atoms with Crippen LogP contribution in [0.3, 0.4) is 0 Å². The van der Waals surface area contributed by atoms with Gasteiger partial charge in [0.1, 0.15) is 0 Å². The fourth-order valence-electron chi connectivity index (χ4n) is 1.84. The van der Waals surface area contributed by atoms with Gasteiger partial charge in [0, 0.05) is 11.3 Å². The van der Waals surface area contributed by atoms with Gasteiger partial charge in [-0.1, -0.05) is 36.4 Å². The Kier molecular flexibility index (Phi) is 4.15. The van der Waals surface area contributed by atoms with E-state index in [-0.39, 0.29) is 12.5 Å². The van der Waals surface area contributed by atoms with Crippen LogP contribution >= 0.6 is 0 Å². The van der Waals surface area contributed by atoms with Crippen molar-refractivity contribution in [3.05, 3.63) is 65.7 Å². The van der Waals surface area contributed by atoms with Crippen molar-refractivity contribution in [2.75, 3.05) is 12.3 Å². The van der Waals surface area contributed by atoms with E-state index in [1.165, 1.54) is 0 Å². The first-order valence-electron chi connectivity index (χ1n) is 6.03. The Morgan fingerprint density at radius 3 is 2.53 bits per heavy atom. The smallest absolute Gasteiger partial charge is 0.251 e. The number of hydrogen-bond donors (Lipinski definition) is 3. The van der Waals surface area contributed by atoms with E-state index in [4.69, 9.17) is 5.73 Å². The molecule has 4 N–H and O–H groups in total. The highest BCUT2D eigenvalue weighted by Crippen LogP contribution is 2.13. The molecule has 0 unspecified atom stereocenters. The summed E-state index contributed by atoms with van der Waals surface area (Å²) in [5.74, 6) is -0.254. The fraction of sp³-hybridized carbons (Fsp3) is 0.133. The van der Waals surface area contributed by atoms with Crippen LogP contribution < -0.4 is 11.1 Å². The molecule has 19 heavy (non-hydrogen) atoms. The second-order valence-corrected chi connectivity index (χ2v) is 4.24. The molecule has 0 aliphatic carbocycles. The number of anilines is 1. The highest BCUT2D eigenvalue weighted by Gasteiger charge is 2.14. The summed E-state index contributed by atoms with van der Waals surface area (Å²) in [6.07, 6.45) is 0. The largest absolute Gasteiger partial charge is 0.399 e. The summed E-state index contributed by atoms with van der Waals surface area (Å²) in [6, 6.07) is 15.7. The first-order chi connectivity index (χ1) is 9.20. The van der Waals surface area contributed by atoms with Gasteiger partial charge in [0.05, 0.1) is 12.6 Å². The quantitative estimate of drug-likeness (QED) is 0.729. The van der Waals surface area contributed by atoms with Crippen LogP contribution in [0.5, 0.6) is 0 Å². The lowest BCUT2D eigenvalue weighted by Crippen LogP contribution is -2.30. The van der Waals surface area contributed by atoms with Crippen molar-refractivity contribution in [3.63, 3.8) is 0 Å². The van der Waals surface area contributed by atoms with Crippen LogP contribution in [0.15, 0.2) is 54.6 Å². The summed E-state index contributed by atoms with van der Waals surface area (Å²) in [4.78, 5) is 12.1. The third kappa shape index (κ3) is 3.33. The number of nitrogens with two attached hydrogens (primary N) is 1. The SMILES string of the molecule is Nc1cccc(C(=O)N[C@@H](CO)c2ccccc2)c1. The van der Waals surface area contributed by atoms with Crippen molar-refractivity contribution in [2.24, 2.45) is 0 Å². The summed E-state index contributed by atoms with van der Waals surface area (Å²) in [6.45, 7) is -0.155. The highest BCUT2D eigenvalue weighted by atomic mass is 16.3. The third-order valence-corrected chi connectivity index (χ3v) is 2.84. The number of nitrogen functional groups attached to an aromatic ring is 1. The molecule has 0 radical (unpaired) electrons. The zero-order valence-corrected chi connectivity index (χ0v) is 10.4. The van der Waals surface area contributed by atoms with Gasteiger partial charge in [0.25, 0.3) is 5.91 Å². The predicted octanol–water partition coefficient (Wildman–Crippen LogP) is 1.73. The van der Waals surface area contributed by atoms with E-state index in [2.05, 4.69) is 5.32 Å². The number of aliphatic hydroxyl groups is 1. The maximum atomic E-state index is 12.1. The van der Waals surface area contributed by atoms with E-state index < -0.39 is 6.04 Å². The van der Waals surface area contributed by atoms with Gasteiger partial charge in [0.15, 0.2) is 0 Å². The average Bonchev–Trinajstić information content (AvgIpc) is 2.45. The summed E-state index contributed by atoms with van der Waals surface area (Å²) in [5, 5.41) is 12.2. The predicted molar refractivity (Wildman–Crippen MR) is 74.6 cm³/mol. The standard InChI is InChI=1S/C15H16N2O2/c16-13-8-4-7-12(9-13)15(19)17-14(10-18)11-5-2-1-3-6-11/h1-9,14,18H,10,16H2,(H,17,19)/t14-/m0/s1. The number of amides is 1. The second kappa shape index (κ2) is 6.02. The van der Waals surface area contributed by atoms with E-state index >= 15 is 0 Å². The molecule has 0 saturated carbocycles. The van der Waals surface area contributed by atoms with Gasteiger partial charge in [-0.15, -0.1) is 0 Å². The van der Waals surface area contributed by atoms with Gasteiger partial charge < -0.3 is 16.2 Å².